The predicted octanol–water partition coefficient (Wildman–Crippen LogP) is 4.69. The first-order valence-corrected chi connectivity index (χ1v) is 7.60. The highest BCUT2D eigenvalue weighted by Crippen LogP contribution is 2.38. The minimum atomic E-state index is -0.941. The Morgan fingerprint density at radius 2 is 1.62 bits per heavy atom. The molecule has 3 nitrogen and oxygen atoms in total. The van der Waals surface area contributed by atoms with E-state index in [1.54, 1.807) is 18.2 Å². The second-order valence-electron chi connectivity index (χ2n) is 4.30. The minimum absolute atomic E-state index is 0.288. The number of hydrogen-bond acceptors (Lipinski definition) is 4. The van der Waals surface area contributed by atoms with Gasteiger partial charge in [0.05, 0.1) is 0 Å². The van der Waals surface area contributed by atoms with Crippen LogP contribution in [0.5, 0.6) is 5.75 Å². The summed E-state index contributed by atoms with van der Waals surface area (Å²) in [5.74, 6) is -1.98. The zero-order valence-corrected chi connectivity index (χ0v) is 12.2. The van der Waals surface area contributed by atoms with E-state index >= 15 is 0 Å². The van der Waals surface area contributed by atoms with E-state index in [-0.39, 0.29) is 10.6 Å². The Balaban J connectivity index is 1.95. The van der Waals surface area contributed by atoms with Gasteiger partial charge in [-0.3, -0.25) is 0 Å². The Kier molecular flexibility index (Phi) is 3.48. The summed E-state index contributed by atoms with van der Waals surface area (Å²) in [6.07, 6.45) is 0. The van der Waals surface area contributed by atoms with Crippen LogP contribution >= 0.6 is 22.7 Å². The summed E-state index contributed by atoms with van der Waals surface area (Å²) < 4.78 is 13.4. The lowest BCUT2D eigenvalue weighted by Crippen LogP contribution is -1.89. The Morgan fingerprint density at radius 1 is 0.952 bits per heavy atom. The molecule has 0 fully saturated rings. The van der Waals surface area contributed by atoms with Crippen LogP contribution in [-0.2, 0) is 0 Å². The van der Waals surface area contributed by atoms with Crippen molar-refractivity contribution in [1.29, 1.82) is 0 Å². The molecule has 0 aliphatic heterocycles. The van der Waals surface area contributed by atoms with Gasteiger partial charge in [-0.25, -0.2) is 9.18 Å². The number of carboxylic acid groups (broad SMARTS) is 1. The van der Waals surface area contributed by atoms with Gasteiger partial charge in [-0.05, 0) is 48.0 Å². The molecule has 106 valence electrons. The summed E-state index contributed by atoms with van der Waals surface area (Å²) in [7, 11) is 0. The van der Waals surface area contributed by atoms with Crippen LogP contribution in [-0.4, -0.2) is 16.2 Å². The van der Waals surface area contributed by atoms with Crippen LogP contribution in [0.4, 0.5) is 4.39 Å². The molecule has 0 saturated carbocycles. The van der Waals surface area contributed by atoms with Gasteiger partial charge < -0.3 is 10.2 Å². The van der Waals surface area contributed by atoms with E-state index in [4.69, 9.17) is 5.11 Å². The lowest BCUT2D eigenvalue weighted by Gasteiger charge is -1.99. The third-order valence-electron chi connectivity index (χ3n) is 2.90. The van der Waals surface area contributed by atoms with Gasteiger partial charge in [-0.1, -0.05) is 0 Å². The molecule has 0 atom stereocenters. The lowest BCUT2D eigenvalue weighted by atomic mass is 10.2. The average molecular weight is 320 g/mol. The van der Waals surface area contributed by atoms with E-state index < -0.39 is 11.8 Å². The van der Waals surface area contributed by atoms with Gasteiger partial charge in [0.15, 0.2) is 11.6 Å². The molecule has 0 aliphatic rings. The van der Waals surface area contributed by atoms with Gasteiger partial charge in [0.25, 0.3) is 0 Å². The number of thiophene rings is 2. The summed E-state index contributed by atoms with van der Waals surface area (Å²) in [6, 6.07) is 11.3. The van der Waals surface area contributed by atoms with Crippen LogP contribution in [0.25, 0.3) is 20.2 Å². The van der Waals surface area contributed by atoms with Gasteiger partial charge in [-0.15, -0.1) is 22.7 Å². The highest BCUT2D eigenvalue weighted by Gasteiger charge is 2.11. The van der Waals surface area contributed by atoms with E-state index in [2.05, 4.69) is 0 Å². The minimum Gasteiger partial charge on any atom is -0.505 e. The lowest BCUT2D eigenvalue weighted by molar-refractivity contribution is 0.0702. The topological polar surface area (TPSA) is 57.5 Å². The Morgan fingerprint density at radius 3 is 2.29 bits per heavy atom. The van der Waals surface area contributed by atoms with E-state index in [1.807, 2.05) is 12.1 Å². The van der Waals surface area contributed by atoms with Crippen molar-refractivity contribution in [2.24, 2.45) is 0 Å². The third kappa shape index (κ3) is 2.68. The van der Waals surface area contributed by atoms with Gasteiger partial charge >= 0.3 is 5.97 Å². The molecule has 0 saturated heterocycles. The fraction of sp³-hybridized carbons (Fsp3) is 0. The van der Waals surface area contributed by atoms with Crippen molar-refractivity contribution >= 4 is 28.6 Å². The number of phenols is 1. The maximum absolute atomic E-state index is 13.4. The molecule has 0 unspecified atom stereocenters. The highest BCUT2D eigenvalue weighted by molar-refractivity contribution is 7.24. The zero-order chi connectivity index (χ0) is 15.0. The summed E-state index contributed by atoms with van der Waals surface area (Å²) in [5, 5.41) is 18.1. The number of phenolic OH excluding ortho intramolecular Hbond substituents is 1. The maximum atomic E-state index is 13.4. The Labute approximate surface area is 127 Å². The molecule has 0 spiro atoms. The van der Waals surface area contributed by atoms with Crippen molar-refractivity contribution in [2.45, 2.75) is 0 Å². The first-order valence-electron chi connectivity index (χ1n) is 5.97. The molecule has 2 aromatic heterocycles. The number of halogens is 1. The molecule has 0 aliphatic carbocycles. The molecule has 21 heavy (non-hydrogen) atoms. The highest BCUT2D eigenvalue weighted by atomic mass is 32.1. The molecule has 0 bridgehead atoms. The van der Waals surface area contributed by atoms with Crippen molar-refractivity contribution in [3.05, 3.63) is 53.2 Å². The number of rotatable bonds is 3. The quantitative estimate of drug-likeness (QED) is 0.736. The van der Waals surface area contributed by atoms with Crippen LogP contribution in [0.1, 0.15) is 9.67 Å². The van der Waals surface area contributed by atoms with Gasteiger partial charge in [0.1, 0.15) is 4.88 Å². The first-order chi connectivity index (χ1) is 10.0. The standard InChI is InChI=1S/C15H9FO3S2/c16-9-7-8(1-2-10(9)17)11-3-4-12(20-11)13-5-6-14(21-13)15(18)19/h1-7,17H,(H,18,19). The van der Waals surface area contributed by atoms with E-state index in [9.17, 15) is 14.3 Å². The number of carbonyl (C=O) groups is 1. The van der Waals surface area contributed by atoms with Gasteiger partial charge in [0.2, 0.25) is 0 Å². The van der Waals surface area contributed by atoms with Crippen molar-refractivity contribution in [2.75, 3.05) is 0 Å². The largest absolute Gasteiger partial charge is 0.505 e. The number of hydrogen-bond donors (Lipinski definition) is 2. The zero-order valence-electron chi connectivity index (χ0n) is 10.5. The molecule has 2 N–H and O–H groups in total. The van der Waals surface area contributed by atoms with Crippen molar-refractivity contribution in [3.8, 4) is 25.9 Å². The Hall–Kier alpha value is -2.18. The summed E-state index contributed by atoms with van der Waals surface area (Å²) in [4.78, 5) is 13.8. The van der Waals surface area contributed by atoms with Crippen molar-refractivity contribution < 1.29 is 19.4 Å². The summed E-state index contributed by atoms with van der Waals surface area (Å²) in [6.45, 7) is 0. The monoisotopic (exact) mass is 320 g/mol. The number of aromatic carboxylic acids is 1. The van der Waals surface area contributed by atoms with Crippen molar-refractivity contribution in [3.63, 3.8) is 0 Å². The molecule has 0 radical (unpaired) electrons. The smallest absolute Gasteiger partial charge is 0.345 e. The molecule has 3 rings (SSSR count). The van der Waals surface area contributed by atoms with E-state index in [1.165, 1.54) is 34.8 Å². The number of benzene rings is 1. The fourth-order valence-electron chi connectivity index (χ4n) is 1.87. The molecule has 0 amide bonds. The van der Waals surface area contributed by atoms with Crippen LogP contribution in [0, 0.1) is 5.82 Å². The first kappa shape index (κ1) is 13.8. The van der Waals surface area contributed by atoms with Gasteiger partial charge in [-0.2, -0.15) is 0 Å². The summed E-state index contributed by atoms with van der Waals surface area (Å²) in [5.41, 5.74) is 0.677. The van der Waals surface area contributed by atoms with Crippen molar-refractivity contribution in [1.82, 2.24) is 0 Å². The molecule has 3 aromatic rings. The molecule has 6 heteroatoms. The normalized spacial score (nSPS) is 10.7. The predicted molar refractivity (Wildman–Crippen MR) is 81.7 cm³/mol. The fourth-order valence-corrected chi connectivity index (χ4v) is 3.81. The molecular weight excluding hydrogens is 311 g/mol. The number of aromatic hydroxyl groups is 1. The Bertz CT molecular complexity index is 820. The van der Waals surface area contributed by atoms with Crippen LogP contribution < -0.4 is 0 Å². The second-order valence-corrected chi connectivity index (χ2v) is 6.47. The van der Waals surface area contributed by atoms with Crippen LogP contribution in [0.15, 0.2) is 42.5 Å². The third-order valence-corrected chi connectivity index (χ3v) is 5.30. The maximum Gasteiger partial charge on any atom is 0.345 e. The molecular formula is C15H9FO3S2. The van der Waals surface area contributed by atoms with Crippen LogP contribution in [0.2, 0.25) is 0 Å². The van der Waals surface area contributed by atoms with E-state index in [0.717, 1.165) is 14.6 Å². The second kappa shape index (κ2) is 5.31. The van der Waals surface area contributed by atoms with Crippen LogP contribution in [0.3, 0.4) is 0 Å². The number of carboxylic acids is 1. The molecule has 1 aromatic carbocycles. The summed E-state index contributed by atoms with van der Waals surface area (Å²) >= 11 is 2.65. The van der Waals surface area contributed by atoms with E-state index in [0.29, 0.717) is 5.56 Å². The van der Waals surface area contributed by atoms with Gasteiger partial charge in [0, 0.05) is 14.6 Å². The SMILES string of the molecule is O=C(O)c1ccc(-c2ccc(-c3ccc(O)c(F)c3)s2)s1. The molecule has 2 heterocycles. The average Bonchev–Trinajstić information content (AvgIpc) is 3.09.